The zero-order valence-corrected chi connectivity index (χ0v) is 17.2. The molecule has 0 spiro atoms. The van der Waals surface area contributed by atoms with Crippen molar-refractivity contribution >= 4 is 34.6 Å². The van der Waals surface area contributed by atoms with E-state index in [2.05, 4.69) is 10.3 Å². The van der Waals surface area contributed by atoms with Crippen LogP contribution >= 0.6 is 11.8 Å². The van der Waals surface area contributed by atoms with Gasteiger partial charge in [0.15, 0.2) is 0 Å². The van der Waals surface area contributed by atoms with Crippen LogP contribution in [0.4, 0.5) is 0 Å². The molecule has 1 saturated heterocycles. The fraction of sp³-hybridized carbons (Fsp3) is 0.318. The summed E-state index contributed by atoms with van der Waals surface area (Å²) in [5.41, 5.74) is 2.54. The van der Waals surface area contributed by atoms with Gasteiger partial charge in [-0.05, 0) is 37.1 Å². The highest BCUT2D eigenvalue weighted by molar-refractivity contribution is 8.00. The third-order valence-corrected chi connectivity index (χ3v) is 6.29. The average Bonchev–Trinajstić information content (AvgIpc) is 3.39. The Labute approximate surface area is 174 Å². The van der Waals surface area contributed by atoms with E-state index in [1.54, 1.807) is 6.07 Å². The Morgan fingerprint density at radius 1 is 1.07 bits per heavy atom. The molecule has 150 valence electrons. The van der Waals surface area contributed by atoms with E-state index >= 15 is 0 Å². The van der Waals surface area contributed by atoms with E-state index in [1.165, 1.54) is 11.8 Å². The smallest absolute Gasteiger partial charge is 0.252 e. The Morgan fingerprint density at radius 2 is 1.79 bits per heavy atom. The molecule has 4 rings (SSSR count). The molecule has 0 radical (unpaired) electrons. The van der Waals surface area contributed by atoms with Crippen molar-refractivity contribution in [2.24, 2.45) is 7.05 Å². The molecule has 1 aliphatic heterocycles. The van der Waals surface area contributed by atoms with Gasteiger partial charge < -0.3 is 14.8 Å². The van der Waals surface area contributed by atoms with Gasteiger partial charge in [-0.25, -0.2) is 4.98 Å². The lowest BCUT2D eigenvalue weighted by Gasteiger charge is -2.15. The minimum absolute atomic E-state index is 0.141. The van der Waals surface area contributed by atoms with Gasteiger partial charge in [-0.1, -0.05) is 24.3 Å². The normalized spacial score (nSPS) is 13.8. The molecule has 0 aliphatic carbocycles. The maximum absolute atomic E-state index is 12.8. The van der Waals surface area contributed by atoms with Crippen molar-refractivity contribution in [2.45, 2.75) is 24.3 Å². The number of aromatic nitrogens is 2. The highest BCUT2D eigenvalue weighted by Gasteiger charge is 2.19. The van der Waals surface area contributed by atoms with Crippen molar-refractivity contribution in [1.29, 1.82) is 0 Å². The summed E-state index contributed by atoms with van der Waals surface area (Å²) in [5, 5.41) is 2.97. The Bertz CT molecular complexity index is 1040. The molecule has 2 amide bonds. The van der Waals surface area contributed by atoms with E-state index in [1.807, 2.05) is 59.0 Å². The van der Waals surface area contributed by atoms with E-state index in [9.17, 15) is 9.59 Å². The van der Waals surface area contributed by atoms with Gasteiger partial charge in [0.05, 0.1) is 28.9 Å². The SMILES string of the molecule is Cn1c(CNC(=O)c2ccccc2SCC(=O)N2CCCC2)nc2ccccc21. The summed E-state index contributed by atoms with van der Waals surface area (Å²) >= 11 is 1.43. The van der Waals surface area contributed by atoms with Gasteiger partial charge in [0, 0.05) is 25.0 Å². The molecular formula is C22H24N4O2S. The van der Waals surface area contributed by atoms with E-state index in [0.29, 0.717) is 17.9 Å². The van der Waals surface area contributed by atoms with Gasteiger partial charge in [-0.15, -0.1) is 11.8 Å². The number of hydrogen-bond acceptors (Lipinski definition) is 4. The number of imidazole rings is 1. The molecule has 1 fully saturated rings. The summed E-state index contributed by atoms with van der Waals surface area (Å²) in [6.07, 6.45) is 2.16. The zero-order valence-electron chi connectivity index (χ0n) is 16.4. The molecule has 2 aromatic carbocycles. The summed E-state index contributed by atoms with van der Waals surface area (Å²) in [6.45, 7) is 2.04. The first-order chi connectivity index (χ1) is 14.1. The van der Waals surface area contributed by atoms with Crippen LogP contribution in [0.15, 0.2) is 53.4 Å². The Balaban J connectivity index is 1.41. The number of para-hydroxylation sites is 2. The van der Waals surface area contributed by atoms with Crippen molar-refractivity contribution in [2.75, 3.05) is 18.8 Å². The predicted molar refractivity (Wildman–Crippen MR) is 115 cm³/mol. The van der Waals surface area contributed by atoms with Crippen molar-refractivity contribution in [3.63, 3.8) is 0 Å². The highest BCUT2D eigenvalue weighted by atomic mass is 32.2. The first kappa shape index (κ1) is 19.5. The van der Waals surface area contributed by atoms with Crippen LogP contribution in [-0.2, 0) is 18.4 Å². The van der Waals surface area contributed by atoms with Crippen LogP contribution in [0.25, 0.3) is 11.0 Å². The quantitative estimate of drug-likeness (QED) is 0.636. The number of likely N-dealkylation sites (tertiary alicyclic amines) is 1. The lowest BCUT2D eigenvalue weighted by atomic mass is 10.2. The number of benzene rings is 2. The number of carbonyl (C=O) groups excluding carboxylic acids is 2. The van der Waals surface area contributed by atoms with Gasteiger partial charge >= 0.3 is 0 Å². The van der Waals surface area contributed by atoms with Gasteiger partial charge in [0.1, 0.15) is 5.82 Å². The van der Waals surface area contributed by atoms with Crippen molar-refractivity contribution in [3.8, 4) is 0 Å². The lowest BCUT2D eigenvalue weighted by molar-refractivity contribution is -0.127. The second-order valence-electron chi connectivity index (χ2n) is 7.13. The number of nitrogens with one attached hydrogen (secondary N) is 1. The topological polar surface area (TPSA) is 67.2 Å². The Morgan fingerprint density at radius 3 is 2.59 bits per heavy atom. The summed E-state index contributed by atoms with van der Waals surface area (Å²) in [4.78, 5) is 32.5. The molecule has 29 heavy (non-hydrogen) atoms. The third kappa shape index (κ3) is 4.29. The Kier molecular flexibility index (Phi) is 5.85. The van der Waals surface area contributed by atoms with Gasteiger partial charge in [-0.2, -0.15) is 0 Å². The fourth-order valence-electron chi connectivity index (χ4n) is 3.59. The number of thioether (sulfide) groups is 1. The minimum atomic E-state index is -0.159. The van der Waals surface area contributed by atoms with E-state index in [-0.39, 0.29) is 11.8 Å². The molecule has 0 unspecified atom stereocenters. The number of aryl methyl sites for hydroxylation is 1. The van der Waals surface area contributed by atoms with Crippen LogP contribution in [0.3, 0.4) is 0 Å². The van der Waals surface area contributed by atoms with Crippen LogP contribution < -0.4 is 5.32 Å². The second-order valence-corrected chi connectivity index (χ2v) is 8.15. The molecule has 2 heterocycles. The van der Waals surface area contributed by atoms with Gasteiger partial charge in [-0.3, -0.25) is 9.59 Å². The van der Waals surface area contributed by atoms with E-state index < -0.39 is 0 Å². The number of amides is 2. The second kappa shape index (κ2) is 8.69. The van der Waals surface area contributed by atoms with Crippen LogP contribution in [0.1, 0.15) is 29.0 Å². The molecule has 7 heteroatoms. The highest BCUT2D eigenvalue weighted by Crippen LogP contribution is 2.24. The number of rotatable bonds is 6. The van der Waals surface area contributed by atoms with Crippen molar-refractivity contribution in [3.05, 3.63) is 59.9 Å². The molecule has 0 bridgehead atoms. The van der Waals surface area contributed by atoms with Crippen LogP contribution in [-0.4, -0.2) is 45.1 Å². The van der Waals surface area contributed by atoms with Gasteiger partial charge in [0.25, 0.3) is 5.91 Å². The number of nitrogens with zero attached hydrogens (tertiary/aromatic N) is 3. The van der Waals surface area contributed by atoms with Crippen LogP contribution in [0.2, 0.25) is 0 Å². The molecule has 3 aromatic rings. The van der Waals surface area contributed by atoms with E-state index in [0.717, 1.165) is 47.7 Å². The average molecular weight is 409 g/mol. The largest absolute Gasteiger partial charge is 0.345 e. The monoisotopic (exact) mass is 408 g/mol. The third-order valence-electron chi connectivity index (χ3n) is 5.23. The van der Waals surface area contributed by atoms with Crippen LogP contribution in [0.5, 0.6) is 0 Å². The van der Waals surface area contributed by atoms with E-state index in [4.69, 9.17) is 0 Å². The summed E-state index contributed by atoms with van der Waals surface area (Å²) in [7, 11) is 1.95. The maximum Gasteiger partial charge on any atom is 0.252 e. The molecule has 0 atom stereocenters. The van der Waals surface area contributed by atoms with Gasteiger partial charge in [0.2, 0.25) is 5.91 Å². The minimum Gasteiger partial charge on any atom is -0.345 e. The number of carbonyl (C=O) groups is 2. The van der Waals surface area contributed by atoms with Crippen LogP contribution in [0, 0.1) is 0 Å². The number of hydrogen-bond donors (Lipinski definition) is 1. The summed E-state index contributed by atoms with van der Waals surface area (Å²) in [5.74, 6) is 1.14. The molecule has 6 nitrogen and oxygen atoms in total. The molecule has 1 aromatic heterocycles. The zero-order chi connectivity index (χ0) is 20.2. The predicted octanol–water partition coefficient (Wildman–Crippen LogP) is 3.22. The fourth-order valence-corrected chi connectivity index (χ4v) is 4.54. The lowest BCUT2D eigenvalue weighted by Crippen LogP contribution is -2.29. The first-order valence-electron chi connectivity index (χ1n) is 9.81. The number of fused-ring (bicyclic) bond motifs is 1. The first-order valence-corrected chi connectivity index (χ1v) is 10.8. The van der Waals surface area contributed by atoms with Crippen molar-refractivity contribution in [1.82, 2.24) is 19.8 Å². The molecular weight excluding hydrogens is 384 g/mol. The summed E-state index contributed by atoms with van der Waals surface area (Å²) < 4.78 is 1.99. The maximum atomic E-state index is 12.8. The molecule has 0 saturated carbocycles. The summed E-state index contributed by atoms with van der Waals surface area (Å²) in [6, 6.07) is 15.3. The van der Waals surface area contributed by atoms with Crippen molar-refractivity contribution < 1.29 is 9.59 Å². The molecule has 1 N–H and O–H groups in total. The Hall–Kier alpha value is -2.80. The standard InChI is InChI=1S/C22H24N4O2S/c1-25-18-10-4-3-9-17(18)24-20(25)14-23-22(28)16-8-2-5-11-19(16)29-15-21(27)26-12-6-7-13-26/h2-5,8-11H,6-7,12-15H2,1H3,(H,23,28). The molecule has 1 aliphatic rings.